The minimum Gasteiger partial charge on any atom is -0.457 e. The van der Waals surface area contributed by atoms with Gasteiger partial charge in [0.1, 0.15) is 24.0 Å². The zero-order valence-corrected chi connectivity index (χ0v) is 48.6. The normalized spacial score (nSPS) is 14.7. The van der Waals surface area contributed by atoms with Gasteiger partial charge in [-0.25, -0.2) is 4.98 Å². The zero-order chi connectivity index (χ0) is 60.4. The first kappa shape index (κ1) is 45.5. The summed E-state index contributed by atoms with van der Waals surface area (Å²) < 4.78 is 52.3. The van der Waals surface area contributed by atoms with Gasteiger partial charge in [-0.1, -0.05) is 222 Å². The maximum Gasteiger partial charge on any atom is 0.185 e. The van der Waals surface area contributed by atoms with Gasteiger partial charge in [0, 0.05) is 40.8 Å². The molecule has 1 spiro atoms. The van der Waals surface area contributed by atoms with Gasteiger partial charge in [0.25, 0.3) is 0 Å². The van der Waals surface area contributed by atoms with Crippen LogP contribution in [0.2, 0.25) is 0 Å². The van der Waals surface area contributed by atoms with Crippen molar-refractivity contribution in [2.45, 2.75) is 66.2 Å². The second-order valence-corrected chi connectivity index (χ2v) is 27.9. The van der Waals surface area contributed by atoms with Crippen molar-refractivity contribution in [1.29, 1.82) is 0 Å². The molecule has 0 N–H and O–H groups in total. The molecule has 0 bridgehead atoms. The van der Waals surface area contributed by atoms with Gasteiger partial charge in [0.05, 0.1) is 29.6 Å². The van der Waals surface area contributed by atoms with Crippen LogP contribution < -0.4 is 40.2 Å². The van der Waals surface area contributed by atoms with E-state index in [-0.39, 0.29) is 40.6 Å². The second-order valence-electron chi connectivity index (χ2n) is 24.2. The van der Waals surface area contributed by atoms with E-state index in [4.69, 9.17) is 13.8 Å². The van der Waals surface area contributed by atoms with Crippen LogP contribution in [0.1, 0.15) is 70.7 Å². The average Bonchev–Trinajstić information content (AvgIpc) is 1.61. The van der Waals surface area contributed by atoms with Crippen molar-refractivity contribution in [3.8, 4) is 56.0 Å². The first-order valence-electron chi connectivity index (χ1n) is 30.9. The van der Waals surface area contributed by atoms with Crippen molar-refractivity contribution in [2.24, 2.45) is 0 Å². The highest BCUT2D eigenvalue weighted by Gasteiger charge is 2.54. The number of aryl methyl sites for hydroxylation is 2. The molecular weight excluding hydrogens is 1010 g/mol. The summed E-state index contributed by atoms with van der Waals surface area (Å²) in [5.41, 5.74) is 17.3. The van der Waals surface area contributed by atoms with Crippen molar-refractivity contribution < 1.29 is 11.6 Å². The summed E-state index contributed by atoms with van der Waals surface area (Å²) >= 11 is 0. The fourth-order valence-corrected chi connectivity index (χ4v) is 18.6. The standard InChI is InChI=1S/C76H66N4OSi/c1-50-33-36-63-64-37-34-51(2)42-72(64)82(71(63)41-50)69-32-18-17-31-67(69)80(73-46-56(39-40-77-73)75(3,4)5)68-48-60(35-38-70(68)82)81-59-26-19-25-58(47-59)78-49-79(66-30-16-15-29-65(66)78)74-61(53-23-13-10-14-24-53)27-20-28-62(74)55-43-54(52-21-11-9-12-22-52)44-57(45-55)76(6,7)8/h9-48H,49H2,1-8H3/i10D,13D,14D,23D,24D. The third-order valence-corrected chi connectivity index (χ3v) is 21.8. The predicted octanol–water partition coefficient (Wildman–Crippen LogP) is 17.5. The summed E-state index contributed by atoms with van der Waals surface area (Å²) in [7, 11) is -2.98. The number of ether oxygens (including phenoxy) is 1. The van der Waals surface area contributed by atoms with Gasteiger partial charge in [-0.3, -0.25) is 4.90 Å². The van der Waals surface area contributed by atoms with Gasteiger partial charge in [-0.15, -0.1) is 0 Å². The van der Waals surface area contributed by atoms with Gasteiger partial charge in [0.15, 0.2) is 8.07 Å². The Morgan fingerprint density at radius 3 is 1.76 bits per heavy atom. The topological polar surface area (TPSA) is 31.8 Å². The van der Waals surface area contributed by atoms with Crippen LogP contribution in [0, 0.1) is 13.8 Å². The summed E-state index contributed by atoms with van der Waals surface area (Å²) in [4.78, 5) is 12.0. The lowest BCUT2D eigenvalue weighted by Gasteiger charge is -2.43. The molecule has 5 nitrogen and oxygen atoms in total. The van der Waals surface area contributed by atoms with Crippen LogP contribution in [0.4, 0.5) is 39.9 Å². The summed E-state index contributed by atoms with van der Waals surface area (Å²) in [6.07, 6.45) is 1.94. The molecule has 400 valence electrons. The maximum atomic E-state index is 9.38. The van der Waals surface area contributed by atoms with Crippen LogP contribution in [-0.2, 0) is 10.8 Å². The number of aromatic nitrogens is 1. The minimum absolute atomic E-state index is 0.117. The highest BCUT2D eigenvalue weighted by atomic mass is 28.3. The van der Waals surface area contributed by atoms with Crippen molar-refractivity contribution in [2.75, 3.05) is 21.4 Å². The Hall–Kier alpha value is -9.23. The lowest BCUT2D eigenvalue weighted by molar-refractivity contribution is 0.483. The van der Waals surface area contributed by atoms with E-state index < -0.39 is 14.1 Å². The summed E-state index contributed by atoms with van der Waals surface area (Å²) in [6, 6.07) is 71.9. The number of anilines is 7. The van der Waals surface area contributed by atoms with Crippen molar-refractivity contribution in [3.05, 3.63) is 265 Å². The largest absolute Gasteiger partial charge is 0.457 e. The molecule has 0 atom stereocenters. The molecule has 0 radical (unpaired) electrons. The lowest BCUT2D eigenvalue weighted by Crippen LogP contribution is -2.75. The molecule has 82 heavy (non-hydrogen) atoms. The Kier molecular flexibility index (Phi) is 10.8. The van der Waals surface area contributed by atoms with Crippen molar-refractivity contribution in [1.82, 2.24) is 4.98 Å². The number of fused-ring (bicyclic) bond motifs is 10. The van der Waals surface area contributed by atoms with Gasteiger partial charge >= 0.3 is 0 Å². The smallest absolute Gasteiger partial charge is 0.185 e. The fraction of sp³-hybridized carbons (Fsp3) is 0.145. The van der Waals surface area contributed by atoms with Crippen LogP contribution in [-0.4, -0.2) is 19.7 Å². The van der Waals surface area contributed by atoms with Crippen LogP contribution in [0.5, 0.6) is 11.5 Å². The molecule has 3 aliphatic rings. The molecule has 10 aromatic carbocycles. The Labute approximate surface area is 491 Å². The third kappa shape index (κ3) is 8.46. The van der Waals surface area contributed by atoms with E-state index in [0.29, 0.717) is 23.7 Å². The highest BCUT2D eigenvalue weighted by molar-refractivity contribution is 7.23. The van der Waals surface area contributed by atoms with E-state index in [0.717, 1.165) is 67.8 Å². The Bertz CT molecular complexity index is 4550. The number of para-hydroxylation sites is 4. The van der Waals surface area contributed by atoms with Crippen LogP contribution in [0.3, 0.4) is 0 Å². The molecule has 0 aliphatic carbocycles. The molecule has 0 fully saturated rings. The molecular formula is C76H66N4OSi. The number of hydrogen-bond acceptors (Lipinski definition) is 5. The Balaban J connectivity index is 0.912. The Morgan fingerprint density at radius 2 is 1.05 bits per heavy atom. The van der Waals surface area contributed by atoms with Crippen LogP contribution >= 0.6 is 0 Å². The molecule has 14 rings (SSSR count). The van der Waals surface area contributed by atoms with Crippen molar-refractivity contribution >= 4 is 68.8 Å². The number of benzene rings is 10. The predicted molar refractivity (Wildman–Crippen MR) is 347 cm³/mol. The molecule has 0 unspecified atom stereocenters. The Morgan fingerprint density at radius 1 is 0.439 bits per heavy atom. The van der Waals surface area contributed by atoms with E-state index >= 15 is 0 Å². The second kappa shape index (κ2) is 19.5. The molecule has 0 saturated heterocycles. The SMILES string of the molecule is [2H]c1c([2H])c([2H])c(-c2cccc(-c3cc(-c4ccccc4)cc(C(C)(C)C)c3)c2N2CN(c3cccc(Oc4ccc5c(c4)N(c4cc(C(C)(C)C)ccn4)c4ccccc4[Si]54c5cc(C)ccc5-c5ccc(C)cc54)c3)c3ccccc32)c([2H])c1[2H]. The molecule has 6 heteroatoms. The number of nitrogens with zero attached hydrogens (tertiary/aromatic N) is 4. The molecule has 11 aromatic rings. The number of rotatable bonds is 8. The first-order valence-corrected chi connectivity index (χ1v) is 30.4. The highest BCUT2D eigenvalue weighted by Crippen LogP contribution is 2.52. The fourth-order valence-electron chi connectivity index (χ4n) is 12.9. The van der Waals surface area contributed by atoms with Crippen LogP contribution in [0.25, 0.3) is 44.5 Å². The average molecular weight is 1080 g/mol. The molecule has 0 saturated carbocycles. The summed E-state index contributed by atoms with van der Waals surface area (Å²) in [5.74, 6) is 2.19. The van der Waals surface area contributed by atoms with Gasteiger partial charge in [-0.05, 0) is 145 Å². The van der Waals surface area contributed by atoms with E-state index in [2.05, 4.69) is 234 Å². The molecule has 4 heterocycles. The summed E-state index contributed by atoms with van der Waals surface area (Å²) in [6.45, 7) is 18.1. The molecule has 3 aliphatic heterocycles. The minimum atomic E-state index is -2.98. The van der Waals surface area contributed by atoms with Crippen molar-refractivity contribution in [3.63, 3.8) is 0 Å². The van der Waals surface area contributed by atoms with E-state index in [1.54, 1.807) is 0 Å². The van der Waals surface area contributed by atoms with Gasteiger partial charge < -0.3 is 14.5 Å². The third-order valence-electron chi connectivity index (χ3n) is 16.9. The monoisotopic (exact) mass is 1080 g/mol. The van der Waals surface area contributed by atoms with E-state index in [1.807, 2.05) is 48.7 Å². The molecule has 1 aromatic heterocycles. The van der Waals surface area contributed by atoms with Crippen LogP contribution in [0.15, 0.2) is 243 Å². The lowest BCUT2D eigenvalue weighted by atomic mass is 9.82. The van der Waals surface area contributed by atoms with Gasteiger partial charge in [0.2, 0.25) is 0 Å². The van der Waals surface area contributed by atoms with E-state index in [9.17, 15) is 2.74 Å². The number of pyridine rings is 1. The quantitative estimate of drug-likeness (QED) is 0.142. The van der Waals surface area contributed by atoms with E-state index in [1.165, 1.54) is 48.6 Å². The first-order chi connectivity index (χ1) is 41.8. The zero-order valence-electron chi connectivity index (χ0n) is 52.6. The van der Waals surface area contributed by atoms with Gasteiger partial charge in [-0.2, -0.15) is 0 Å². The number of hydrogen-bond donors (Lipinski definition) is 0. The summed E-state index contributed by atoms with van der Waals surface area (Å²) in [5, 5.41) is 5.40. The maximum absolute atomic E-state index is 9.38. The molecule has 0 amide bonds.